The van der Waals surface area contributed by atoms with Gasteiger partial charge in [-0.25, -0.2) is 4.79 Å². The molecule has 0 saturated carbocycles. The van der Waals surface area contributed by atoms with E-state index in [9.17, 15) is 20.0 Å². The maximum atomic E-state index is 10.9. The summed E-state index contributed by atoms with van der Waals surface area (Å²) in [7, 11) is 0. The molecule has 0 unspecified atom stereocenters. The fourth-order valence-electron chi connectivity index (χ4n) is 1.90. The summed E-state index contributed by atoms with van der Waals surface area (Å²) in [5.41, 5.74) is 0.159. The number of hydrogen-bond acceptors (Lipinski definition) is 6. The fourth-order valence-corrected chi connectivity index (χ4v) is 1.90. The number of para-hydroxylation sites is 2. The molecule has 0 spiro atoms. The number of rotatable bonds is 7. The maximum Gasteiger partial charge on any atom is 0.339 e. The third-order valence-corrected chi connectivity index (χ3v) is 2.98. The second-order valence-electron chi connectivity index (χ2n) is 4.54. The van der Waals surface area contributed by atoms with Gasteiger partial charge in [-0.3, -0.25) is 10.1 Å². The Balaban J connectivity index is 1.93. The summed E-state index contributed by atoms with van der Waals surface area (Å²) in [6, 6.07) is 10.1. The second kappa shape index (κ2) is 7.12. The summed E-state index contributed by atoms with van der Waals surface area (Å²) in [5, 5.41) is 32.1. The minimum Gasteiger partial charge on any atom is -0.507 e. The molecule has 2 aromatic rings. The molecule has 0 atom stereocenters. The quantitative estimate of drug-likeness (QED) is 0.310. The first-order chi connectivity index (χ1) is 11.0. The third kappa shape index (κ3) is 4.10. The summed E-state index contributed by atoms with van der Waals surface area (Å²) in [6.45, 7) is 0.448. The Labute approximate surface area is 131 Å². The average molecular weight is 318 g/mol. The van der Waals surface area contributed by atoms with Crippen LogP contribution in [0.25, 0.3) is 0 Å². The number of carboxylic acids is 1. The van der Waals surface area contributed by atoms with Crippen LogP contribution in [0.4, 0.5) is 11.4 Å². The normalized spacial score (nSPS) is 10.1. The van der Waals surface area contributed by atoms with Crippen molar-refractivity contribution in [2.24, 2.45) is 0 Å². The van der Waals surface area contributed by atoms with Gasteiger partial charge in [-0.2, -0.15) is 0 Å². The molecule has 0 bridgehead atoms. The number of phenols is 1. The number of aromatic hydroxyl groups is 1. The van der Waals surface area contributed by atoms with E-state index in [1.807, 2.05) is 0 Å². The number of anilines is 1. The van der Waals surface area contributed by atoms with E-state index in [2.05, 4.69) is 5.32 Å². The highest BCUT2D eigenvalue weighted by atomic mass is 16.6. The van der Waals surface area contributed by atoms with Gasteiger partial charge in [0.1, 0.15) is 17.9 Å². The van der Waals surface area contributed by atoms with E-state index in [-0.39, 0.29) is 29.4 Å². The summed E-state index contributed by atoms with van der Waals surface area (Å²) >= 11 is 0. The largest absolute Gasteiger partial charge is 0.507 e. The van der Waals surface area contributed by atoms with Crippen LogP contribution in [0.5, 0.6) is 11.5 Å². The summed E-state index contributed by atoms with van der Waals surface area (Å²) in [5.74, 6) is -1.39. The van der Waals surface area contributed by atoms with Crippen LogP contribution in [0.2, 0.25) is 0 Å². The fraction of sp³-hybridized carbons (Fsp3) is 0.133. The van der Waals surface area contributed by atoms with Crippen LogP contribution in [-0.4, -0.2) is 34.3 Å². The lowest BCUT2D eigenvalue weighted by Crippen LogP contribution is -2.12. The van der Waals surface area contributed by atoms with Crippen LogP contribution >= 0.6 is 0 Å². The smallest absolute Gasteiger partial charge is 0.339 e. The van der Waals surface area contributed by atoms with Crippen LogP contribution in [-0.2, 0) is 0 Å². The molecule has 0 heterocycles. The zero-order valence-electron chi connectivity index (χ0n) is 11.9. The standard InChI is InChI=1S/C15H14N2O6/c18-13-6-5-10(9-11(13)15(19)20)16-7-8-23-14-4-2-1-3-12(14)17(21)22/h1-6,9,16,18H,7-8H2,(H,19,20). The molecule has 2 rings (SSSR count). The van der Waals surface area contributed by atoms with E-state index in [4.69, 9.17) is 9.84 Å². The molecular weight excluding hydrogens is 304 g/mol. The molecule has 0 fully saturated rings. The van der Waals surface area contributed by atoms with Gasteiger partial charge >= 0.3 is 11.7 Å². The van der Waals surface area contributed by atoms with Crippen molar-refractivity contribution in [1.82, 2.24) is 0 Å². The molecule has 0 aromatic heterocycles. The van der Waals surface area contributed by atoms with Crippen molar-refractivity contribution in [2.75, 3.05) is 18.5 Å². The monoisotopic (exact) mass is 318 g/mol. The van der Waals surface area contributed by atoms with Gasteiger partial charge in [0.05, 0.1) is 4.92 Å². The molecule has 0 radical (unpaired) electrons. The minimum absolute atomic E-state index is 0.120. The van der Waals surface area contributed by atoms with Gasteiger partial charge in [0, 0.05) is 18.3 Å². The van der Waals surface area contributed by atoms with Crippen LogP contribution in [0.15, 0.2) is 42.5 Å². The Hall–Kier alpha value is -3.29. The van der Waals surface area contributed by atoms with Crippen LogP contribution in [0, 0.1) is 10.1 Å². The zero-order valence-corrected chi connectivity index (χ0v) is 11.9. The molecular formula is C15H14N2O6. The number of hydrogen-bond donors (Lipinski definition) is 3. The lowest BCUT2D eigenvalue weighted by atomic mass is 10.2. The predicted molar refractivity (Wildman–Crippen MR) is 82.1 cm³/mol. The van der Waals surface area contributed by atoms with Crippen LogP contribution in [0.1, 0.15) is 10.4 Å². The van der Waals surface area contributed by atoms with E-state index in [1.165, 1.54) is 30.3 Å². The third-order valence-electron chi connectivity index (χ3n) is 2.98. The van der Waals surface area contributed by atoms with E-state index < -0.39 is 10.9 Å². The van der Waals surface area contributed by atoms with Crippen molar-refractivity contribution in [1.29, 1.82) is 0 Å². The predicted octanol–water partition coefficient (Wildman–Crippen LogP) is 2.49. The zero-order chi connectivity index (χ0) is 16.8. The van der Waals surface area contributed by atoms with Gasteiger partial charge in [-0.15, -0.1) is 0 Å². The highest BCUT2D eigenvalue weighted by Gasteiger charge is 2.13. The Kier molecular flexibility index (Phi) is 4.98. The SMILES string of the molecule is O=C(O)c1cc(NCCOc2ccccc2[N+](=O)[O-])ccc1O. The van der Waals surface area contributed by atoms with Crippen molar-refractivity contribution >= 4 is 17.3 Å². The van der Waals surface area contributed by atoms with Crippen molar-refractivity contribution in [3.63, 3.8) is 0 Å². The van der Waals surface area contributed by atoms with Crippen LogP contribution < -0.4 is 10.1 Å². The number of nitro groups is 1. The molecule has 0 amide bonds. The molecule has 0 aliphatic carbocycles. The number of nitro benzene ring substituents is 1. The molecule has 2 aromatic carbocycles. The number of nitrogens with zero attached hydrogens (tertiary/aromatic N) is 1. The molecule has 8 heteroatoms. The Morgan fingerprint density at radius 2 is 2.00 bits per heavy atom. The second-order valence-corrected chi connectivity index (χ2v) is 4.54. The van der Waals surface area contributed by atoms with Crippen molar-refractivity contribution < 1.29 is 24.7 Å². The highest BCUT2D eigenvalue weighted by Crippen LogP contribution is 2.25. The van der Waals surface area contributed by atoms with Gasteiger partial charge < -0.3 is 20.3 Å². The van der Waals surface area contributed by atoms with Gasteiger partial charge in [-0.1, -0.05) is 12.1 Å². The average Bonchev–Trinajstić information content (AvgIpc) is 2.53. The topological polar surface area (TPSA) is 122 Å². The number of carbonyl (C=O) groups is 1. The molecule has 120 valence electrons. The summed E-state index contributed by atoms with van der Waals surface area (Å²) < 4.78 is 5.35. The van der Waals surface area contributed by atoms with Crippen molar-refractivity contribution in [2.45, 2.75) is 0 Å². The maximum absolute atomic E-state index is 10.9. The Morgan fingerprint density at radius 3 is 2.70 bits per heavy atom. The highest BCUT2D eigenvalue weighted by molar-refractivity contribution is 5.91. The van der Waals surface area contributed by atoms with E-state index in [0.29, 0.717) is 12.2 Å². The Bertz CT molecular complexity index is 732. The summed E-state index contributed by atoms with van der Waals surface area (Å²) in [4.78, 5) is 21.2. The molecule has 0 saturated heterocycles. The van der Waals surface area contributed by atoms with Crippen molar-refractivity contribution in [3.05, 3.63) is 58.1 Å². The number of ether oxygens (including phenoxy) is 1. The molecule has 0 aliphatic rings. The number of nitrogens with one attached hydrogen (secondary N) is 1. The van der Waals surface area contributed by atoms with Gasteiger partial charge in [0.15, 0.2) is 5.75 Å². The molecule has 8 nitrogen and oxygen atoms in total. The minimum atomic E-state index is -1.23. The lowest BCUT2D eigenvalue weighted by Gasteiger charge is -2.10. The first-order valence-electron chi connectivity index (χ1n) is 6.65. The van der Waals surface area contributed by atoms with Gasteiger partial charge in [0.2, 0.25) is 0 Å². The first kappa shape index (κ1) is 16.1. The van der Waals surface area contributed by atoms with E-state index >= 15 is 0 Å². The van der Waals surface area contributed by atoms with E-state index in [0.717, 1.165) is 0 Å². The molecule has 23 heavy (non-hydrogen) atoms. The number of benzene rings is 2. The van der Waals surface area contributed by atoms with E-state index in [1.54, 1.807) is 12.1 Å². The molecule has 3 N–H and O–H groups in total. The first-order valence-corrected chi connectivity index (χ1v) is 6.65. The lowest BCUT2D eigenvalue weighted by molar-refractivity contribution is -0.385. The van der Waals surface area contributed by atoms with Crippen molar-refractivity contribution in [3.8, 4) is 11.5 Å². The van der Waals surface area contributed by atoms with Gasteiger partial charge in [-0.05, 0) is 24.3 Å². The Morgan fingerprint density at radius 1 is 1.26 bits per heavy atom. The van der Waals surface area contributed by atoms with Gasteiger partial charge in [0.25, 0.3) is 0 Å². The summed E-state index contributed by atoms with van der Waals surface area (Å²) in [6.07, 6.45) is 0. The number of carboxylic acid groups (broad SMARTS) is 1. The van der Waals surface area contributed by atoms with Crippen LogP contribution in [0.3, 0.4) is 0 Å². The molecule has 0 aliphatic heterocycles. The number of aromatic carboxylic acids is 1.